The summed E-state index contributed by atoms with van der Waals surface area (Å²) >= 11 is 0. The van der Waals surface area contributed by atoms with Crippen LogP contribution in [0.5, 0.6) is 0 Å². The Morgan fingerprint density at radius 2 is 1.97 bits per heavy atom. The van der Waals surface area contributed by atoms with E-state index in [2.05, 4.69) is 15.0 Å². The number of imidazole rings is 1. The van der Waals surface area contributed by atoms with Gasteiger partial charge in [-0.3, -0.25) is 9.69 Å². The largest absolute Gasteiger partial charge is 0.334 e. The number of alkyl halides is 1. The van der Waals surface area contributed by atoms with Crippen molar-refractivity contribution in [2.24, 2.45) is 0 Å². The molecule has 2 saturated heterocycles. The van der Waals surface area contributed by atoms with Crippen molar-refractivity contribution in [1.82, 2.24) is 24.4 Å². The summed E-state index contributed by atoms with van der Waals surface area (Å²) in [6, 6.07) is 11.7. The maximum Gasteiger partial charge on any atom is 0.254 e. The minimum absolute atomic E-state index is 0.0622. The summed E-state index contributed by atoms with van der Waals surface area (Å²) in [6.07, 6.45) is 3.70. The smallest absolute Gasteiger partial charge is 0.254 e. The van der Waals surface area contributed by atoms with Crippen molar-refractivity contribution in [2.75, 3.05) is 26.2 Å². The number of rotatable bonds is 4. The lowest BCUT2D eigenvalue weighted by Gasteiger charge is -2.28. The Bertz CT molecular complexity index is 1060. The number of aromatic nitrogens is 3. The minimum atomic E-state index is -0.721. The van der Waals surface area contributed by atoms with Gasteiger partial charge in [0.25, 0.3) is 5.91 Å². The van der Waals surface area contributed by atoms with Crippen molar-refractivity contribution >= 4 is 11.6 Å². The Hall–Kier alpha value is -2.80. The lowest BCUT2D eigenvalue weighted by Crippen LogP contribution is -2.42. The maximum absolute atomic E-state index is 13.5. The highest BCUT2D eigenvalue weighted by molar-refractivity contribution is 5.95. The van der Waals surface area contributed by atoms with Gasteiger partial charge < -0.3 is 4.90 Å². The van der Waals surface area contributed by atoms with Gasteiger partial charge in [0.05, 0.1) is 17.6 Å². The minimum Gasteiger partial charge on any atom is -0.334 e. The van der Waals surface area contributed by atoms with E-state index in [1.807, 2.05) is 58.9 Å². The molecule has 0 radical (unpaired) electrons. The Kier molecular flexibility index (Phi) is 4.98. The van der Waals surface area contributed by atoms with Crippen molar-refractivity contribution in [3.05, 3.63) is 53.9 Å². The molecule has 7 heteroatoms. The van der Waals surface area contributed by atoms with Crippen molar-refractivity contribution in [1.29, 1.82) is 0 Å². The molecule has 0 bridgehead atoms. The standard InChI is InChI=1S/C23H26FN5O/c1-16-4-9-22-25-13-21(29(22)26-16)17-5-7-18(8-6-17)23(30)28-11-2-3-20(28)15-27-12-10-19(24)14-27/h4-9,13,19-20H,2-3,10-12,14-15H2,1H3. The van der Waals surface area contributed by atoms with E-state index < -0.39 is 6.17 Å². The molecule has 3 aromatic rings. The molecule has 2 atom stereocenters. The number of fused-ring (bicyclic) bond motifs is 1. The van der Waals surface area contributed by atoms with Crippen LogP contribution in [0.1, 0.15) is 35.3 Å². The van der Waals surface area contributed by atoms with Crippen LogP contribution in [0, 0.1) is 6.92 Å². The fourth-order valence-corrected chi connectivity index (χ4v) is 4.65. The van der Waals surface area contributed by atoms with E-state index in [-0.39, 0.29) is 11.9 Å². The summed E-state index contributed by atoms with van der Waals surface area (Å²) in [6.45, 7) is 4.79. The van der Waals surface area contributed by atoms with E-state index in [0.29, 0.717) is 18.5 Å². The highest BCUT2D eigenvalue weighted by atomic mass is 19.1. The molecule has 2 aliphatic heterocycles. The number of hydrogen-bond donors (Lipinski definition) is 0. The molecule has 5 rings (SSSR count). The molecule has 156 valence electrons. The van der Waals surface area contributed by atoms with Crippen LogP contribution in [0.25, 0.3) is 16.9 Å². The van der Waals surface area contributed by atoms with E-state index in [1.165, 1.54) is 0 Å². The van der Waals surface area contributed by atoms with Crippen molar-refractivity contribution in [3.8, 4) is 11.3 Å². The number of carbonyl (C=O) groups is 1. The number of likely N-dealkylation sites (tertiary alicyclic amines) is 2. The van der Waals surface area contributed by atoms with Crippen molar-refractivity contribution in [2.45, 2.75) is 38.4 Å². The van der Waals surface area contributed by atoms with Gasteiger partial charge in [-0.15, -0.1) is 0 Å². The van der Waals surface area contributed by atoms with Crippen LogP contribution < -0.4 is 0 Å². The van der Waals surface area contributed by atoms with E-state index in [0.717, 1.165) is 55.1 Å². The lowest BCUT2D eigenvalue weighted by molar-refractivity contribution is 0.0707. The molecule has 2 fully saturated rings. The Morgan fingerprint density at radius 1 is 1.13 bits per heavy atom. The summed E-state index contributed by atoms with van der Waals surface area (Å²) in [5.41, 5.74) is 4.29. The van der Waals surface area contributed by atoms with Crippen LogP contribution in [-0.2, 0) is 0 Å². The van der Waals surface area contributed by atoms with Crippen molar-refractivity contribution in [3.63, 3.8) is 0 Å². The lowest BCUT2D eigenvalue weighted by atomic mass is 10.1. The van der Waals surface area contributed by atoms with Crippen molar-refractivity contribution < 1.29 is 9.18 Å². The highest BCUT2D eigenvalue weighted by Gasteiger charge is 2.33. The number of amides is 1. The van der Waals surface area contributed by atoms with Gasteiger partial charge in [-0.05, 0) is 50.5 Å². The molecule has 2 aliphatic rings. The van der Waals surface area contributed by atoms with E-state index in [1.54, 1.807) is 0 Å². The topological polar surface area (TPSA) is 53.7 Å². The summed E-state index contributed by atoms with van der Waals surface area (Å²) < 4.78 is 15.3. The molecule has 0 saturated carbocycles. The number of halogens is 1. The summed E-state index contributed by atoms with van der Waals surface area (Å²) in [5.74, 6) is 0.0622. The fraction of sp³-hybridized carbons (Fsp3) is 0.435. The van der Waals surface area contributed by atoms with Crippen LogP contribution in [0.3, 0.4) is 0 Å². The zero-order chi connectivity index (χ0) is 20.7. The Labute approximate surface area is 175 Å². The molecular formula is C23H26FN5O. The molecule has 1 aromatic carbocycles. The van der Waals surface area contributed by atoms with Crippen LogP contribution in [0.15, 0.2) is 42.6 Å². The highest BCUT2D eigenvalue weighted by Crippen LogP contribution is 2.25. The van der Waals surface area contributed by atoms with Crippen LogP contribution in [-0.4, -0.2) is 68.7 Å². The summed E-state index contributed by atoms with van der Waals surface area (Å²) in [5, 5.41) is 4.54. The normalized spacial score (nSPS) is 22.3. The number of benzene rings is 1. The SMILES string of the molecule is Cc1ccc2ncc(-c3ccc(C(=O)N4CCCC4CN4CCC(F)C4)cc3)n2n1. The van der Waals surface area contributed by atoms with Gasteiger partial charge in [0.15, 0.2) is 5.65 Å². The molecule has 30 heavy (non-hydrogen) atoms. The molecule has 2 unspecified atom stereocenters. The van der Waals surface area contributed by atoms with Crippen LogP contribution in [0.4, 0.5) is 4.39 Å². The zero-order valence-corrected chi connectivity index (χ0v) is 17.2. The summed E-state index contributed by atoms with van der Waals surface area (Å²) in [7, 11) is 0. The van der Waals surface area contributed by atoms with Crippen LogP contribution >= 0.6 is 0 Å². The third kappa shape index (κ3) is 3.58. The second-order valence-electron chi connectivity index (χ2n) is 8.41. The second kappa shape index (κ2) is 7.80. The quantitative estimate of drug-likeness (QED) is 0.666. The number of aryl methyl sites for hydroxylation is 1. The third-order valence-corrected chi connectivity index (χ3v) is 6.25. The van der Waals surface area contributed by atoms with E-state index >= 15 is 0 Å². The monoisotopic (exact) mass is 407 g/mol. The predicted molar refractivity (Wildman–Crippen MR) is 113 cm³/mol. The predicted octanol–water partition coefficient (Wildman–Crippen LogP) is 3.35. The van der Waals surface area contributed by atoms with Gasteiger partial charge in [0, 0.05) is 43.3 Å². The third-order valence-electron chi connectivity index (χ3n) is 6.25. The summed E-state index contributed by atoms with van der Waals surface area (Å²) in [4.78, 5) is 21.7. The van der Waals surface area contributed by atoms with Gasteiger partial charge in [0.1, 0.15) is 6.17 Å². The molecule has 2 aromatic heterocycles. The van der Waals surface area contributed by atoms with Gasteiger partial charge in [-0.1, -0.05) is 12.1 Å². The first-order chi connectivity index (χ1) is 14.6. The van der Waals surface area contributed by atoms with E-state index in [4.69, 9.17) is 0 Å². The first kappa shape index (κ1) is 19.2. The first-order valence-corrected chi connectivity index (χ1v) is 10.7. The zero-order valence-electron chi connectivity index (χ0n) is 17.2. The first-order valence-electron chi connectivity index (χ1n) is 10.7. The van der Waals surface area contributed by atoms with E-state index in [9.17, 15) is 9.18 Å². The molecule has 4 heterocycles. The molecule has 0 spiro atoms. The maximum atomic E-state index is 13.5. The Morgan fingerprint density at radius 3 is 2.73 bits per heavy atom. The number of hydrogen-bond acceptors (Lipinski definition) is 4. The fourth-order valence-electron chi connectivity index (χ4n) is 4.65. The Balaban J connectivity index is 1.33. The molecule has 6 nitrogen and oxygen atoms in total. The van der Waals surface area contributed by atoms with Gasteiger partial charge in [0.2, 0.25) is 0 Å². The molecule has 1 amide bonds. The molecular weight excluding hydrogens is 381 g/mol. The number of nitrogens with zero attached hydrogens (tertiary/aromatic N) is 5. The average Bonchev–Trinajstić information content (AvgIpc) is 3.48. The van der Waals surface area contributed by atoms with Crippen LogP contribution in [0.2, 0.25) is 0 Å². The molecule has 0 N–H and O–H groups in total. The molecule has 0 aliphatic carbocycles. The second-order valence-corrected chi connectivity index (χ2v) is 8.41. The van der Waals surface area contributed by atoms with Gasteiger partial charge >= 0.3 is 0 Å². The van der Waals surface area contributed by atoms with Gasteiger partial charge in [-0.2, -0.15) is 5.10 Å². The van der Waals surface area contributed by atoms with Gasteiger partial charge in [-0.25, -0.2) is 13.9 Å². The number of carbonyl (C=O) groups excluding carboxylic acids is 1. The average molecular weight is 407 g/mol.